The molecule has 0 unspecified atom stereocenters. The van der Waals surface area contributed by atoms with Gasteiger partial charge in [0, 0.05) is 5.56 Å². The first kappa shape index (κ1) is 14.3. The molecule has 0 saturated heterocycles. The van der Waals surface area contributed by atoms with Gasteiger partial charge in [0.05, 0.1) is 6.54 Å². The van der Waals surface area contributed by atoms with E-state index < -0.39 is 11.6 Å². The molecule has 0 spiro atoms. The molecule has 0 amide bonds. The van der Waals surface area contributed by atoms with Crippen molar-refractivity contribution in [2.75, 3.05) is 0 Å². The molecular formula is C11H17F2N3. The maximum Gasteiger partial charge on any atom is 0.186 e. The number of hydrogen-bond acceptors (Lipinski definition) is 1. The average molecular weight is 229 g/mol. The molecular weight excluding hydrogens is 212 g/mol. The molecule has 4 N–H and O–H groups in total. The summed E-state index contributed by atoms with van der Waals surface area (Å²) in [7, 11) is 0. The number of rotatable bonds is 2. The van der Waals surface area contributed by atoms with Crippen LogP contribution in [0.15, 0.2) is 17.1 Å². The average Bonchev–Trinajstić information content (AvgIpc) is 2.25. The Bertz CT molecular complexity index is 348. The smallest absolute Gasteiger partial charge is 0.186 e. The Morgan fingerprint density at radius 2 is 1.62 bits per heavy atom. The molecule has 0 aliphatic carbocycles. The summed E-state index contributed by atoms with van der Waals surface area (Å²) in [4.78, 5) is 3.65. The molecule has 16 heavy (non-hydrogen) atoms. The predicted octanol–water partition coefficient (Wildman–Crippen LogP) is 2.07. The van der Waals surface area contributed by atoms with Gasteiger partial charge in [-0.1, -0.05) is 13.8 Å². The number of nitrogens with zero attached hydrogens (tertiary/aromatic N) is 1. The summed E-state index contributed by atoms with van der Waals surface area (Å²) < 4.78 is 26.0. The Kier molecular flexibility index (Phi) is 6.07. The maximum absolute atomic E-state index is 13.0. The van der Waals surface area contributed by atoms with E-state index in [0.29, 0.717) is 5.56 Å². The molecule has 1 aromatic rings. The highest BCUT2D eigenvalue weighted by Gasteiger charge is 2.05. The molecule has 5 heteroatoms. The lowest BCUT2D eigenvalue weighted by atomic mass is 10.1. The highest BCUT2D eigenvalue weighted by Crippen LogP contribution is 2.14. The van der Waals surface area contributed by atoms with Crippen molar-refractivity contribution in [3.05, 3.63) is 34.9 Å². The van der Waals surface area contributed by atoms with E-state index in [1.54, 1.807) is 0 Å². The van der Waals surface area contributed by atoms with Crippen molar-refractivity contribution in [3.63, 3.8) is 0 Å². The molecule has 0 atom stereocenters. The first-order valence-electron chi connectivity index (χ1n) is 5.00. The minimum atomic E-state index is -0.592. The van der Waals surface area contributed by atoms with Crippen molar-refractivity contribution in [1.29, 1.82) is 0 Å². The van der Waals surface area contributed by atoms with Gasteiger partial charge in [-0.2, -0.15) is 0 Å². The number of benzene rings is 1. The zero-order valence-electron chi connectivity index (χ0n) is 9.72. The highest BCUT2D eigenvalue weighted by atomic mass is 19.1. The standard InChI is InChI=1S/C9H11F2N3.C2H6/c1-5-7(10)2-6(3-8(5)11)4-14-9(12)13;1-2/h2-3H,4H2,1H3,(H4,12,13,14);1-2H3. The van der Waals surface area contributed by atoms with Crippen LogP contribution >= 0.6 is 0 Å². The summed E-state index contributed by atoms with van der Waals surface area (Å²) in [5, 5.41) is 0. The quantitative estimate of drug-likeness (QED) is 0.602. The number of guanidine groups is 1. The van der Waals surface area contributed by atoms with Gasteiger partial charge >= 0.3 is 0 Å². The molecule has 0 aromatic heterocycles. The number of nitrogens with two attached hydrogens (primary N) is 2. The minimum Gasteiger partial charge on any atom is -0.370 e. The van der Waals surface area contributed by atoms with Gasteiger partial charge in [0.25, 0.3) is 0 Å². The van der Waals surface area contributed by atoms with Crippen LogP contribution in [0.5, 0.6) is 0 Å². The van der Waals surface area contributed by atoms with Crippen LogP contribution in [0.25, 0.3) is 0 Å². The van der Waals surface area contributed by atoms with Crippen molar-refractivity contribution < 1.29 is 8.78 Å². The Balaban J connectivity index is 0.00000106. The van der Waals surface area contributed by atoms with Crippen molar-refractivity contribution in [2.24, 2.45) is 16.5 Å². The van der Waals surface area contributed by atoms with Crippen LogP contribution in [0.3, 0.4) is 0 Å². The van der Waals surface area contributed by atoms with E-state index in [9.17, 15) is 8.78 Å². The number of hydrogen-bond donors (Lipinski definition) is 2. The summed E-state index contributed by atoms with van der Waals surface area (Å²) >= 11 is 0. The Hall–Kier alpha value is -1.65. The zero-order valence-corrected chi connectivity index (χ0v) is 9.72. The first-order valence-corrected chi connectivity index (χ1v) is 5.00. The maximum atomic E-state index is 13.0. The molecule has 0 heterocycles. The highest BCUT2D eigenvalue weighted by molar-refractivity contribution is 5.75. The lowest BCUT2D eigenvalue weighted by molar-refractivity contribution is 0.564. The first-order chi connectivity index (χ1) is 7.50. The fourth-order valence-electron chi connectivity index (χ4n) is 0.972. The molecule has 0 radical (unpaired) electrons. The second kappa shape index (κ2) is 6.76. The third-order valence-electron chi connectivity index (χ3n) is 1.78. The van der Waals surface area contributed by atoms with Crippen molar-refractivity contribution in [1.82, 2.24) is 0 Å². The molecule has 1 rings (SSSR count). The summed E-state index contributed by atoms with van der Waals surface area (Å²) in [5.74, 6) is -1.29. The molecule has 0 fully saturated rings. The van der Waals surface area contributed by atoms with E-state index in [1.165, 1.54) is 19.1 Å². The summed E-state index contributed by atoms with van der Waals surface area (Å²) in [6.45, 7) is 5.45. The van der Waals surface area contributed by atoms with Gasteiger partial charge in [-0.05, 0) is 24.6 Å². The van der Waals surface area contributed by atoms with E-state index in [4.69, 9.17) is 11.5 Å². The van der Waals surface area contributed by atoms with E-state index in [0.717, 1.165) is 0 Å². The predicted molar refractivity (Wildman–Crippen MR) is 62.0 cm³/mol. The fourth-order valence-corrected chi connectivity index (χ4v) is 0.972. The Morgan fingerprint density at radius 3 is 2.00 bits per heavy atom. The Morgan fingerprint density at radius 1 is 1.19 bits per heavy atom. The third-order valence-corrected chi connectivity index (χ3v) is 1.78. The molecule has 0 saturated carbocycles. The molecule has 90 valence electrons. The van der Waals surface area contributed by atoms with Crippen molar-refractivity contribution in [3.8, 4) is 0 Å². The van der Waals surface area contributed by atoms with Gasteiger partial charge in [-0.25, -0.2) is 13.8 Å². The van der Waals surface area contributed by atoms with Gasteiger partial charge < -0.3 is 11.5 Å². The number of aliphatic imine (C=N–C) groups is 1. The van der Waals surface area contributed by atoms with Crippen LogP contribution in [0.1, 0.15) is 25.0 Å². The van der Waals surface area contributed by atoms with Gasteiger partial charge in [-0.15, -0.1) is 0 Å². The van der Waals surface area contributed by atoms with Crippen LogP contribution in [0.4, 0.5) is 8.78 Å². The lowest BCUT2D eigenvalue weighted by Crippen LogP contribution is -2.22. The van der Waals surface area contributed by atoms with Crippen LogP contribution in [0, 0.1) is 18.6 Å². The fraction of sp³-hybridized carbons (Fsp3) is 0.364. The molecule has 3 nitrogen and oxygen atoms in total. The lowest BCUT2D eigenvalue weighted by Gasteiger charge is -2.02. The molecule has 0 aliphatic rings. The van der Waals surface area contributed by atoms with E-state index in [2.05, 4.69) is 4.99 Å². The van der Waals surface area contributed by atoms with Crippen LogP contribution in [-0.2, 0) is 6.54 Å². The van der Waals surface area contributed by atoms with E-state index >= 15 is 0 Å². The SMILES string of the molecule is CC.Cc1c(F)cc(CN=C(N)N)cc1F. The summed E-state index contributed by atoms with van der Waals surface area (Å²) in [6, 6.07) is 2.43. The second-order valence-corrected chi connectivity index (χ2v) is 2.93. The summed E-state index contributed by atoms with van der Waals surface area (Å²) in [5.41, 5.74) is 10.6. The summed E-state index contributed by atoms with van der Waals surface area (Å²) in [6.07, 6.45) is 0. The second-order valence-electron chi connectivity index (χ2n) is 2.93. The third kappa shape index (κ3) is 4.25. The zero-order chi connectivity index (χ0) is 12.7. The molecule has 1 aromatic carbocycles. The minimum absolute atomic E-state index is 0.00144. The van der Waals surface area contributed by atoms with E-state index in [-0.39, 0.29) is 18.1 Å². The van der Waals surface area contributed by atoms with Crippen molar-refractivity contribution in [2.45, 2.75) is 27.3 Å². The van der Waals surface area contributed by atoms with Crippen molar-refractivity contribution >= 4 is 5.96 Å². The van der Waals surface area contributed by atoms with Crippen LogP contribution < -0.4 is 11.5 Å². The van der Waals surface area contributed by atoms with Crippen LogP contribution in [-0.4, -0.2) is 5.96 Å². The number of halogens is 2. The largest absolute Gasteiger partial charge is 0.370 e. The Labute approximate surface area is 94.2 Å². The monoisotopic (exact) mass is 229 g/mol. The van der Waals surface area contributed by atoms with Gasteiger partial charge in [0.1, 0.15) is 11.6 Å². The topological polar surface area (TPSA) is 64.4 Å². The molecule has 0 aliphatic heterocycles. The molecule has 0 bridgehead atoms. The van der Waals surface area contributed by atoms with Gasteiger partial charge in [0.2, 0.25) is 0 Å². The van der Waals surface area contributed by atoms with E-state index in [1.807, 2.05) is 13.8 Å². The van der Waals surface area contributed by atoms with Gasteiger partial charge in [-0.3, -0.25) is 0 Å². The normalized spacial score (nSPS) is 9.06. The van der Waals surface area contributed by atoms with Crippen LogP contribution in [0.2, 0.25) is 0 Å². The van der Waals surface area contributed by atoms with Gasteiger partial charge in [0.15, 0.2) is 5.96 Å².